The summed E-state index contributed by atoms with van der Waals surface area (Å²) in [7, 11) is 0. The van der Waals surface area contributed by atoms with Gasteiger partial charge in [-0.15, -0.1) is 0 Å². The first kappa shape index (κ1) is 38.3. The maximum Gasteiger partial charge on any atom is 0.220 e. The third kappa shape index (κ3) is 7.13. The Morgan fingerprint density at radius 1 is 1.12 bits per heavy atom. The van der Waals surface area contributed by atoms with Gasteiger partial charge in [0, 0.05) is 55.4 Å². The largest absolute Gasteiger partial charge is 0.508 e. The number of hydrogen-bond donors (Lipinski definition) is 7. The Hall–Kier alpha value is -4.61. The molecule has 5 aliphatic rings. The summed E-state index contributed by atoms with van der Waals surface area (Å²) in [5.41, 5.74) is 0.451. The van der Waals surface area contributed by atoms with E-state index < -0.39 is 48.8 Å². The summed E-state index contributed by atoms with van der Waals surface area (Å²) in [6, 6.07) is 9.06. The minimum absolute atomic E-state index is 0.00405. The number of carbonyl (C=O) groups is 1. The molecule has 2 fully saturated rings. The Labute approximate surface area is 322 Å². The number of aliphatic hydroxyl groups excluding tert-OH is 4. The topological polar surface area (TPSA) is 224 Å². The van der Waals surface area contributed by atoms with Crippen molar-refractivity contribution in [1.82, 2.24) is 5.32 Å². The van der Waals surface area contributed by atoms with Crippen LogP contribution in [0.5, 0.6) is 11.5 Å². The smallest absolute Gasteiger partial charge is 0.220 e. The second-order valence-corrected chi connectivity index (χ2v) is 15.9. The number of aryl methyl sites for hydroxylation is 1. The SMILES string of the molecule is Cc1cc(=O)c2cc3c(c(N4C=C5C=CN=C5C4)c2o1)O[C@]1(CCC[C@H]([C@H]2CNC(=O)C2)C1)[C@H](OOC[C@@](O)(Cc1ccc(O)cc1)[C@@H](O)[C@H](O)[C@H](O)CO)C3. The maximum absolute atomic E-state index is 13.5. The molecule has 1 spiro atoms. The number of rotatable bonds is 12. The van der Waals surface area contributed by atoms with Gasteiger partial charge in [-0.25, -0.2) is 9.78 Å². The van der Waals surface area contributed by atoms with Crippen LogP contribution in [0.2, 0.25) is 0 Å². The third-order valence-corrected chi connectivity index (χ3v) is 12.0. The van der Waals surface area contributed by atoms with Gasteiger partial charge in [0.25, 0.3) is 0 Å². The molecule has 8 atom stereocenters. The molecule has 0 radical (unpaired) electrons. The molecule has 5 heterocycles. The lowest BCUT2D eigenvalue weighted by atomic mass is 9.68. The van der Waals surface area contributed by atoms with Crippen LogP contribution in [0.25, 0.3) is 11.0 Å². The number of phenolic OH excluding ortho intramolecular Hbond substituents is 1. The highest BCUT2D eigenvalue weighted by Crippen LogP contribution is 2.52. The Kier molecular flexibility index (Phi) is 10.3. The number of carbonyl (C=O) groups excluding carboxylic acids is 1. The molecular formula is C41H47N3O12. The van der Waals surface area contributed by atoms with E-state index in [0.717, 1.165) is 24.1 Å². The molecule has 298 valence electrons. The molecule has 15 heteroatoms. The van der Waals surface area contributed by atoms with Crippen molar-refractivity contribution in [2.75, 3.05) is 31.2 Å². The number of aliphatic hydroxyl groups is 5. The van der Waals surface area contributed by atoms with Crippen molar-refractivity contribution in [1.29, 1.82) is 0 Å². The second kappa shape index (κ2) is 15.0. The summed E-state index contributed by atoms with van der Waals surface area (Å²) >= 11 is 0. The molecule has 0 bridgehead atoms. The quantitative estimate of drug-likeness (QED) is 0.103. The van der Waals surface area contributed by atoms with Gasteiger partial charge in [0.15, 0.2) is 16.8 Å². The number of hydrogen-bond acceptors (Lipinski definition) is 14. The lowest BCUT2D eigenvalue weighted by Gasteiger charge is -2.49. The van der Waals surface area contributed by atoms with Crippen molar-refractivity contribution in [2.24, 2.45) is 16.8 Å². The third-order valence-electron chi connectivity index (χ3n) is 12.0. The van der Waals surface area contributed by atoms with E-state index in [0.29, 0.717) is 71.6 Å². The van der Waals surface area contributed by atoms with E-state index in [1.165, 1.54) is 30.3 Å². The predicted octanol–water partition coefficient (Wildman–Crippen LogP) is 1.84. The molecule has 15 nitrogen and oxygen atoms in total. The zero-order chi connectivity index (χ0) is 39.4. The van der Waals surface area contributed by atoms with E-state index in [1.807, 2.05) is 17.2 Å². The number of phenols is 1. The van der Waals surface area contributed by atoms with Crippen LogP contribution >= 0.6 is 0 Å². The molecule has 8 rings (SSSR count). The summed E-state index contributed by atoms with van der Waals surface area (Å²) in [6.07, 6.45) is 2.13. The zero-order valence-corrected chi connectivity index (χ0v) is 31.0. The Morgan fingerprint density at radius 3 is 2.66 bits per heavy atom. The van der Waals surface area contributed by atoms with Crippen molar-refractivity contribution >= 4 is 28.3 Å². The number of amides is 1. The molecule has 3 aromatic rings. The van der Waals surface area contributed by atoms with Gasteiger partial charge in [0.2, 0.25) is 5.91 Å². The molecule has 56 heavy (non-hydrogen) atoms. The van der Waals surface area contributed by atoms with Gasteiger partial charge in [-0.3, -0.25) is 14.6 Å². The van der Waals surface area contributed by atoms with Crippen LogP contribution < -0.4 is 20.4 Å². The first-order chi connectivity index (χ1) is 26.9. The average molecular weight is 774 g/mol. The fourth-order valence-corrected chi connectivity index (χ4v) is 9.00. The van der Waals surface area contributed by atoms with Crippen LogP contribution in [-0.2, 0) is 27.4 Å². The number of benzene rings is 2. The first-order valence-corrected chi connectivity index (χ1v) is 19.1. The van der Waals surface area contributed by atoms with Crippen molar-refractivity contribution in [3.8, 4) is 11.5 Å². The van der Waals surface area contributed by atoms with Crippen LogP contribution in [0.3, 0.4) is 0 Å². The van der Waals surface area contributed by atoms with Gasteiger partial charge < -0.3 is 50.0 Å². The summed E-state index contributed by atoms with van der Waals surface area (Å²) in [6.45, 7) is 1.16. The number of fused-ring (bicyclic) bond motifs is 3. The average Bonchev–Trinajstić information content (AvgIpc) is 3.92. The zero-order valence-electron chi connectivity index (χ0n) is 31.0. The first-order valence-electron chi connectivity index (χ1n) is 19.1. The molecule has 1 saturated heterocycles. The Bertz CT molecular complexity index is 2150. The highest BCUT2D eigenvalue weighted by atomic mass is 17.2. The van der Waals surface area contributed by atoms with Crippen LogP contribution in [0.1, 0.15) is 49.0 Å². The Morgan fingerprint density at radius 2 is 1.93 bits per heavy atom. The van der Waals surface area contributed by atoms with Crippen LogP contribution in [0.4, 0.5) is 5.69 Å². The second-order valence-electron chi connectivity index (χ2n) is 15.9. The lowest BCUT2D eigenvalue weighted by Crippen LogP contribution is -2.58. The molecule has 1 saturated carbocycles. The number of anilines is 1. The van der Waals surface area contributed by atoms with E-state index in [4.69, 9.17) is 18.9 Å². The monoisotopic (exact) mass is 773 g/mol. The van der Waals surface area contributed by atoms with Crippen LogP contribution in [-0.4, -0.2) is 104 Å². The van der Waals surface area contributed by atoms with Crippen LogP contribution in [0.15, 0.2) is 74.7 Å². The predicted molar refractivity (Wildman–Crippen MR) is 202 cm³/mol. The highest BCUT2D eigenvalue weighted by molar-refractivity contribution is 6.12. The van der Waals surface area contributed by atoms with Gasteiger partial charge in [0.05, 0.1) is 24.2 Å². The standard InChI is InChI=1S/C41H47N3O12/c1-22-11-31(47)29-12-26-13-33(56-53-21-40(52,39(51)36(50)32(48)20-45)15-23-4-6-28(46)7-5-23)41(9-2-3-24(16-41)27-14-34(49)43-17-27)55-37(26)35(38(29)54-22)44-18-25-8-10-42-30(25)19-44/h4-8,10-12,18,24,27,32-33,36,39,45-46,48,50-52H,2-3,9,13-17,19-21H2,1H3,(H,43,49)/t24-,27+,32+,33+,36+,39-,40-,41-/m0/s1. The summed E-state index contributed by atoms with van der Waals surface area (Å²) in [5, 5.41) is 66.6. The number of allylic oxidation sites excluding steroid dienone is 1. The fraction of sp³-hybridized carbons (Fsp3) is 0.488. The summed E-state index contributed by atoms with van der Waals surface area (Å²) in [5.74, 6) is 1.15. The number of ether oxygens (including phenoxy) is 1. The fourth-order valence-electron chi connectivity index (χ4n) is 9.00. The molecule has 1 aliphatic carbocycles. The normalized spacial score (nSPS) is 26.9. The minimum Gasteiger partial charge on any atom is -0.508 e. The molecule has 1 aromatic heterocycles. The van der Waals surface area contributed by atoms with Gasteiger partial charge in [0.1, 0.15) is 59.4 Å². The highest BCUT2D eigenvalue weighted by Gasteiger charge is 2.53. The van der Waals surface area contributed by atoms with Gasteiger partial charge in [-0.2, -0.15) is 0 Å². The lowest BCUT2D eigenvalue weighted by molar-refractivity contribution is -0.374. The maximum atomic E-state index is 13.5. The molecule has 2 aromatic carbocycles. The van der Waals surface area contributed by atoms with Gasteiger partial charge in [-0.05, 0) is 74.3 Å². The van der Waals surface area contributed by atoms with E-state index in [1.54, 1.807) is 19.2 Å². The molecule has 0 unspecified atom stereocenters. The Balaban J connectivity index is 1.16. The van der Waals surface area contributed by atoms with Crippen molar-refractivity contribution < 1.29 is 54.4 Å². The number of aliphatic imine (C=N–C) groups is 1. The van der Waals surface area contributed by atoms with E-state index in [-0.39, 0.29) is 41.8 Å². The molecule has 1 amide bonds. The summed E-state index contributed by atoms with van der Waals surface area (Å²) in [4.78, 5) is 44.5. The molecular weight excluding hydrogens is 726 g/mol. The summed E-state index contributed by atoms with van der Waals surface area (Å²) < 4.78 is 13.5. The molecule has 7 N–H and O–H groups in total. The van der Waals surface area contributed by atoms with Crippen molar-refractivity contribution in [2.45, 2.75) is 87.5 Å². The molecule has 4 aliphatic heterocycles. The number of nitrogens with zero attached hydrogens (tertiary/aromatic N) is 2. The van der Waals surface area contributed by atoms with E-state index >= 15 is 0 Å². The van der Waals surface area contributed by atoms with Gasteiger partial charge >= 0.3 is 0 Å². The van der Waals surface area contributed by atoms with E-state index in [9.17, 15) is 40.2 Å². The van der Waals surface area contributed by atoms with Gasteiger partial charge in [-0.1, -0.05) is 12.1 Å². The van der Waals surface area contributed by atoms with Crippen molar-refractivity contribution in [3.63, 3.8) is 0 Å². The van der Waals surface area contributed by atoms with E-state index in [2.05, 4.69) is 10.3 Å². The van der Waals surface area contributed by atoms with Crippen LogP contribution in [0, 0.1) is 18.8 Å². The number of nitrogens with one attached hydrogen (secondary N) is 1. The van der Waals surface area contributed by atoms with Crippen molar-refractivity contribution in [3.05, 3.63) is 87.6 Å². The minimum atomic E-state index is -2.25. The number of aromatic hydroxyl groups is 1.